The topological polar surface area (TPSA) is 110 Å². The second-order valence-corrected chi connectivity index (χ2v) is 7.68. The van der Waals surface area contributed by atoms with Crippen LogP contribution in [-0.4, -0.2) is 46.8 Å². The molecule has 2 amide bonds. The number of nitrogens with zero attached hydrogens (tertiary/aromatic N) is 3. The van der Waals surface area contributed by atoms with E-state index in [0.29, 0.717) is 43.3 Å². The number of carbonyl (C=O) groups excluding carboxylic acids is 2. The van der Waals surface area contributed by atoms with Gasteiger partial charge in [-0.2, -0.15) is 5.10 Å². The average molecular weight is 435 g/mol. The van der Waals surface area contributed by atoms with Crippen molar-refractivity contribution >= 4 is 29.1 Å². The van der Waals surface area contributed by atoms with E-state index < -0.39 is 0 Å². The summed E-state index contributed by atoms with van der Waals surface area (Å²) in [5.41, 5.74) is 2.88. The first kappa shape index (κ1) is 21.5. The molecule has 3 heterocycles. The first-order chi connectivity index (χ1) is 15.5. The molecule has 9 heteroatoms. The first-order valence-electron chi connectivity index (χ1n) is 10.5. The van der Waals surface area contributed by atoms with E-state index in [4.69, 9.17) is 4.74 Å². The van der Waals surface area contributed by atoms with Crippen LogP contribution in [0, 0.1) is 5.92 Å². The van der Waals surface area contributed by atoms with Gasteiger partial charge in [-0.15, -0.1) is 0 Å². The Bertz CT molecular complexity index is 1120. The van der Waals surface area contributed by atoms with Crippen LogP contribution in [-0.2, 0) is 16.6 Å². The summed E-state index contributed by atoms with van der Waals surface area (Å²) in [5.74, 6) is 0.836. The molecule has 3 N–H and O–H groups in total. The van der Waals surface area contributed by atoms with E-state index in [1.807, 2.05) is 43.6 Å². The molecule has 1 saturated heterocycles. The molecule has 0 aliphatic carbocycles. The van der Waals surface area contributed by atoms with E-state index in [-0.39, 0.29) is 17.7 Å². The lowest BCUT2D eigenvalue weighted by Crippen LogP contribution is -2.28. The molecule has 3 aromatic rings. The molecule has 166 valence electrons. The number of anilines is 3. The number of nitrogens with one attached hydrogen (secondary N) is 3. The Morgan fingerprint density at radius 1 is 1.06 bits per heavy atom. The molecule has 32 heavy (non-hydrogen) atoms. The van der Waals surface area contributed by atoms with E-state index in [1.165, 1.54) is 0 Å². The van der Waals surface area contributed by atoms with Crippen LogP contribution in [0.1, 0.15) is 23.2 Å². The molecule has 0 saturated carbocycles. The van der Waals surface area contributed by atoms with Crippen molar-refractivity contribution in [3.8, 4) is 11.1 Å². The molecule has 0 radical (unpaired) electrons. The van der Waals surface area contributed by atoms with E-state index in [1.54, 1.807) is 24.0 Å². The lowest BCUT2D eigenvalue weighted by atomic mass is 9.99. The quantitative estimate of drug-likeness (QED) is 0.550. The van der Waals surface area contributed by atoms with Crippen LogP contribution in [0.4, 0.5) is 17.3 Å². The lowest BCUT2D eigenvalue weighted by Gasteiger charge is -2.21. The van der Waals surface area contributed by atoms with Crippen LogP contribution in [0.5, 0.6) is 0 Å². The summed E-state index contributed by atoms with van der Waals surface area (Å²) in [4.78, 5) is 29.2. The number of hydrogen-bond donors (Lipinski definition) is 3. The minimum Gasteiger partial charge on any atom is -0.381 e. The number of amides is 2. The highest BCUT2D eigenvalue weighted by Crippen LogP contribution is 2.28. The largest absolute Gasteiger partial charge is 0.381 e. The number of carbonyl (C=O) groups is 2. The molecule has 2 aromatic heterocycles. The van der Waals surface area contributed by atoms with Crippen molar-refractivity contribution in [3.63, 3.8) is 0 Å². The lowest BCUT2D eigenvalue weighted by molar-refractivity contribution is -0.122. The molecule has 0 bridgehead atoms. The van der Waals surface area contributed by atoms with Gasteiger partial charge >= 0.3 is 0 Å². The monoisotopic (exact) mass is 434 g/mol. The molecule has 1 aromatic carbocycles. The second kappa shape index (κ2) is 9.61. The maximum Gasteiger partial charge on any atom is 0.251 e. The van der Waals surface area contributed by atoms with Crippen LogP contribution in [0.3, 0.4) is 0 Å². The highest BCUT2D eigenvalue weighted by Gasteiger charge is 2.22. The number of pyridine rings is 1. The summed E-state index contributed by atoms with van der Waals surface area (Å²) < 4.78 is 7.03. The molecule has 0 unspecified atom stereocenters. The fourth-order valence-corrected chi connectivity index (χ4v) is 3.64. The summed E-state index contributed by atoms with van der Waals surface area (Å²) in [5, 5.41) is 13.1. The van der Waals surface area contributed by atoms with Crippen LogP contribution < -0.4 is 16.0 Å². The third-order valence-electron chi connectivity index (χ3n) is 5.34. The number of ether oxygens (including phenoxy) is 1. The third-order valence-corrected chi connectivity index (χ3v) is 5.34. The molecule has 0 spiro atoms. The zero-order valence-corrected chi connectivity index (χ0v) is 18.1. The van der Waals surface area contributed by atoms with E-state index in [2.05, 4.69) is 26.0 Å². The van der Waals surface area contributed by atoms with Crippen molar-refractivity contribution in [2.45, 2.75) is 12.8 Å². The number of rotatable bonds is 6. The first-order valence-corrected chi connectivity index (χ1v) is 10.5. The molecule has 1 aliphatic rings. The van der Waals surface area contributed by atoms with Gasteiger partial charge in [0.2, 0.25) is 5.91 Å². The standard InChI is InChI=1S/C23H26N6O3/c1-24-22(30)18-11-17(12-19(13-18)26-20-4-8-29(2)28-20)16-3-7-25-21(14-16)27-23(31)15-5-9-32-10-6-15/h3-4,7-8,11-15H,5-6,9-10H2,1-2H3,(H,24,30)(H,26,28)(H,25,27,31). The van der Waals surface area contributed by atoms with E-state index in [0.717, 1.165) is 16.8 Å². The van der Waals surface area contributed by atoms with Crippen molar-refractivity contribution in [2.24, 2.45) is 13.0 Å². The second-order valence-electron chi connectivity index (χ2n) is 7.68. The minimum atomic E-state index is -0.196. The van der Waals surface area contributed by atoms with Crippen LogP contribution in [0.15, 0.2) is 48.8 Å². The summed E-state index contributed by atoms with van der Waals surface area (Å²) in [7, 11) is 3.43. The zero-order valence-electron chi connectivity index (χ0n) is 18.1. The summed E-state index contributed by atoms with van der Waals surface area (Å²) >= 11 is 0. The predicted molar refractivity (Wildman–Crippen MR) is 122 cm³/mol. The maximum absolute atomic E-state index is 12.6. The van der Waals surface area contributed by atoms with Gasteiger partial charge in [-0.25, -0.2) is 4.98 Å². The fraction of sp³-hybridized carbons (Fsp3) is 0.304. The molecule has 9 nitrogen and oxygen atoms in total. The Balaban J connectivity index is 1.61. The SMILES string of the molecule is CNC(=O)c1cc(Nc2ccn(C)n2)cc(-c2ccnc(NC(=O)C3CCOCC3)c2)c1. The zero-order chi connectivity index (χ0) is 22.5. The molecule has 4 rings (SSSR count). The van der Waals surface area contributed by atoms with Crippen LogP contribution in [0.25, 0.3) is 11.1 Å². The smallest absolute Gasteiger partial charge is 0.251 e. The highest BCUT2D eigenvalue weighted by atomic mass is 16.5. The van der Waals surface area contributed by atoms with Gasteiger partial charge in [0, 0.05) is 62.9 Å². The van der Waals surface area contributed by atoms with Gasteiger partial charge in [-0.1, -0.05) is 0 Å². The van der Waals surface area contributed by atoms with Crippen LogP contribution in [0.2, 0.25) is 0 Å². The van der Waals surface area contributed by atoms with Gasteiger partial charge < -0.3 is 20.7 Å². The number of aryl methyl sites for hydroxylation is 1. The van der Waals surface area contributed by atoms with Gasteiger partial charge in [-0.05, 0) is 54.3 Å². The molecular formula is C23H26N6O3. The van der Waals surface area contributed by atoms with Gasteiger partial charge in [0.1, 0.15) is 5.82 Å². The summed E-state index contributed by atoms with van der Waals surface area (Å²) in [6, 6.07) is 11.0. The Kier molecular flexibility index (Phi) is 6.46. The van der Waals surface area contributed by atoms with Crippen LogP contribution >= 0.6 is 0 Å². The fourth-order valence-electron chi connectivity index (χ4n) is 3.64. The maximum atomic E-state index is 12.6. The number of aromatic nitrogens is 3. The number of hydrogen-bond acceptors (Lipinski definition) is 6. The molecular weight excluding hydrogens is 408 g/mol. The Morgan fingerprint density at radius 3 is 2.59 bits per heavy atom. The highest BCUT2D eigenvalue weighted by molar-refractivity contribution is 5.97. The van der Waals surface area contributed by atoms with Crippen molar-refractivity contribution in [1.82, 2.24) is 20.1 Å². The Labute approximate surface area is 186 Å². The van der Waals surface area contributed by atoms with E-state index >= 15 is 0 Å². The predicted octanol–water partition coefficient (Wildman–Crippen LogP) is 2.95. The Hall–Kier alpha value is -3.72. The van der Waals surface area contributed by atoms with E-state index in [9.17, 15) is 9.59 Å². The van der Waals surface area contributed by atoms with Crippen molar-refractivity contribution in [1.29, 1.82) is 0 Å². The Morgan fingerprint density at radius 2 is 1.88 bits per heavy atom. The third kappa shape index (κ3) is 5.12. The van der Waals surface area contributed by atoms with Crippen molar-refractivity contribution in [3.05, 3.63) is 54.4 Å². The molecule has 0 atom stereocenters. The molecule has 1 aliphatic heterocycles. The average Bonchev–Trinajstić information content (AvgIpc) is 3.23. The molecule has 1 fully saturated rings. The summed E-state index contributed by atoms with van der Waals surface area (Å²) in [6.45, 7) is 1.20. The minimum absolute atomic E-state index is 0.0467. The van der Waals surface area contributed by atoms with Gasteiger partial charge in [0.25, 0.3) is 5.91 Å². The van der Waals surface area contributed by atoms with Gasteiger partial charge in [0.15, 0.2) is 5.82 Å². The van der Waals surface area contributed by atoms with Gasteiger partial charge in [-0.3, -0.25) is 14.3 Å². The number of benzene rings is 1. The summed E-state index contributed by atoms with van der Waals surface area (Å²) in [6.07, 6.45) is 4.90. The normalized spacial score (nSPS) is 14.1. The van der Waals surface area contributed by atoms with Crippen molar-refractivity contribution < 1.29 is 14.3 Å². The van der Waals surface area contributed by atoms with Gasteiger partial charge in [0.05, 0.1) is 0 Å². The van der Waals surface area contributed by atoms with Crippen molar-refractivity contribution in [2.75, 3.05) is 30.9 Å².